The molecule has 0 N–H and O–H groups in total. The number of nitrogens with zero attached hydrogens (tertiary/aromatic N) is 3. The average molecular weight is 504 g/mol. The number of aromatic nitrogens is 2. The lowest BCUT2D eigenvalue weighted by Crippen LogP contribution is -2.21. The summed E-state index contributed by atoms with van der Waals surface area (Å²) in [6.07, 6.45) is 7.57. The largest absolute Gasteiger partial charge is 0.283 e. The van der Waals surface area contributed by atoms with Crippen LogP contribution in [0.2, 0.25) is 0 Å². The van der Waals surface area contributed by atoms with Crippen LogP contribution < -0.4 is 0 Å². The minimum absolute atomic E-state index is 0.0341. The maximum atomic E-state index is 13.5. The number of para-hydroxylation sites is 2. The average Bonchev–Trinajstić information content (AvgIpc) is 3.20. The lowest BCUT2D eigenvalue weighted by atomic mass is 9.94. The highest BCUT2D eigenvalue weighted by atomic mass is 79.9. The Hall–Kier alpha value is -4.09. The summed E-state index contributed by atoms with van der Waals surface area (Å²) < 4.78 is 0.821. The molecular weight excluding hydrogens is 486 g/mol. The minimum Gasteiger partial charge on any atom is -0.283 e. The molecule has 0 saturated heterocycles. The summed E-state index contributed by atoms with van der Waals surface area (Å²) in [4.78, 5) is 24.6. The highest BCUT2D eigenvalue weighted by molar-refractivity contribution is 9.15. The number of halogens is 1. The van der Waals surface area contributed by atoms with Crippen LogP contribution in [0.25, 0.3) is 26.7 Å². The van der Waals surface area contributed by atoms with Gasteiger partial charge in [-0.3, -0.25) is 14.7 Å². The van der Waals surface area contributed by atoms with Crippen LogP contribution in [-0.2, 0) is 4.79 Å². The van der Waals surface area contributed by atoms with Gasteiger partial charge in [-0.15, -0.1) is 0 Å². The van der Waals surface area contributed by atoms with E-state index >= 15 is 0 Å². The van der Waals surface area contributed by atoms with Gasteiger partial charge in [0.15, 0.2) is 0 Å². The highest BCUT2D eigenvalue weighted by Crippen LogP contribution is 2.44. The fraction of sp³-hybridized carbons (Fsp3) is 0. The van der Waals surface area contributed by atoms with Crippen LogP contribution in [0.5, 0.6) is 0 Å². The Morgan fingerprint density at radius 1 is 0.765 bits per heavy atom. The Bertz CT molecular complexity index is 1570. The number of carbonyl (C=O) groups is 1. The predicted octanol–water partition coefficient (Wildman–Crippen LogP) is 6.60. The van der Waals surface area contributed by atoms with E-state index in [1.54, 1.807) is 11.1 Å². The van der Waals surface area contributed by atoms with E-state index in [9.17, 15) is 4.79 Å². The summed E-state index contributed by atoms with van der Waals surface area (Å²) in [6.45, 7) is 0. The molecule has 4 aromatic rings. The molecule has 162 valence electrons. The van der Waals surface area contributed by atoms with Gasteiger partial charge < -0.3 is 0 Å². The molecular formula is C29H18BrN3O. The molecule has 4 nitrogen and oxygen atoms in total. The maximum absolute atomic E-state index is 13.5. The summed E-state index contributed by atoms with van der Waals surface area (Å²) in [7, 11) is 0. The second-order valence-electron chi connectivity index (χ2n) is 8.02. The van der Waals surface area contributed by atoms with Gasteiger partial charge in [-0.25, -0.2) is 4.98 Å². The molecule has 0 unspecified atom stereocenters. The van der Waals surface area contributed by atoms with E-state index in [2.05, 4.69) is 20.9 Å². The summed E-state index contributed by atoms with van der Waals surface area (Å²) >= 11 is 3.74. The molecule has 3 aromatic carbocycles. The zero-order valence-corrected chi connectivity index (χ0v) is 19.6. The Morgan fingerprint density at radius 2 is 1.38 bits per heavy atom. The van der Waals surface area contributed by atoms with Gasteiger partial charge in [0.1, 0.15) is 0 Å². The van der Waals surface area contributed by atoms with Gasteiger partial charge in [0, 0.05) is 11.8 Å². The third kappa shape index (κ3) is 3.42. The van der Waals surface area contributed by atoms with Crippen LogP contribution in [0.4, 0.5) is 0 Å². The number of rotatable bonds is 3. The molecule has 0 spiro atoms. The van der Waals surface area contributed by atoms with Crippen molar-refractivity contribution in [3.63, 3.8) is 0 Å². The van der Waals surface area contributed by atoms with E-state index in [0.29, 0.717) is 5.57 Å². The van der Waals surface area contributed by atoms with Gasteiger partial charge in [0.05, 0.1) is 38.7 Å². The minimum atomic E-state index is -0.0341. The van der Waals surface area contributed by atoms with E-state index in [1.165, 1.54) is 0 Å². The van der Waals surface area contributed by atoms with E-state index in [-0.39, 0.29) is 5.91 Å². The lowest BCUT2D eigenvalue weighted by Gasteiger charge is -2.20. The molecule has 0 radical (unpaired) electrons. The molecule has 0 aliphatic carbocycles. The first-order valence-corrected chi connectivity index (χ1v) is 11.7. The number of benzene rings is 3. The second-order valence-corrected chi connectivity index (χ2v) is 8.81. The fourth-order valence-corrected chi connectivity index (χ4v) is 4.78. The Kier molecular flexibility index (Phi) is 5.04. The van der Waals surface area contributed by atoms with Gasteiger partial charge in [-0.1, -0.05) is 72.8 Å². The fourth-order valence-electron chi connectivity index (χ4n) is 4.34. The number of hydrogen-bond donors (Lipinski definition) is 0. The maximum Gasteiger partial charge on any atom is 0.263 e. The van der Waals surface area contributed by atoms with Crippen LogP contribution in [0, 0.1) is 0 Å². The molecule has 0 saturated carbocycles. The van der Waals surface area contributed by atoms with Crippen LogP contribution in [0.3, 0.4) is 0 Å². The molecule has 1 amide bonds. The van der Waals surface area contributed by atoms with Crippen molar-refractivity contribution < 1.29 is 4.79 Å². The van der Waals surface area contributed by atoms with Gasteiger partial charge in [-0.2, -0.15) is 0 Å². The number of amides is 1. The Morgan fingerprint density at radius 3 is 2.09 bits per heavy atom. The van der Waals surface area contributed by atoms with Crippen LogP contribution in [0.15, 0.2) is 121 Å². The van der Waals surface area contributed by atoms with E-state index in [0.717, 1.165) is 49.2 Å². The van der Waals surface area contributed by atoms with Crippen molar-refractivity contribution in [1.82, 2.24) is 14.9 Å². The Balaban J connectivity index is 1.53. The molecule has 2 aliphatic rings. The Labute approximate surface area is 205 Å². The van der Waals surface area contributed by atoms with Crippen molar-refractivity contribution >= 4 is 48.5 Å². The van der Waals surface area contributed by atoms with Crippen molar-refractivity contribution in [2.75, 3.05) is 0 Å². The molecule has 0 bridgehead atoms. The van der Waals surface area contributed by atoms with E-state index in [4.69, 9.17) is 4.98 Å². The van der Waals surface area contributed by atoms with Crippen LogP contribution in [-0.4, -0.2) is 20.8 Å². The molecule has 0 fully saturated rings. The molecule has 6 rings (SSSR count). The van der Waals surface area contributed by atoms with E-state index < -0.39 is 0 Å². The summed E-state index contributed by atoms with van der Waals surface area (Å²) in [5.41, 5.74) is 7.71. The zero-order valence-electron chi connectivity index (χ0n) is 18.0. The van der Waals surface area contributed by atoms with Crippen molar-refractivity contribution in [3.8, 4) is 0 Å². The van der Waals surface area contributed by atoms with Gasteiger partial charge >= 0.3 is 0 Å². The zero-order chi connectivity index (χ0) is 23.1. The highest BCUT2D eigenvalue weighted by Gasteiger charge is 2.36. The van der Waals surface area contributed by atoms with Crippen molar-refractivity contribution in [2.45, 2.75) is 0 Å². The summed E-state index contributed by atoms with van der Waals surface area (Å²) in [5.74, 6) is -0.0341. The standard InChI is InChI=1S/C29H18BrN3O/c30-28(24-18-31-22-13-7-8-14-23(22)32-24)21-15-16-33-25(17-21)26(19-9-3-1-4-10-19)27(29(33)34)20-11-5-2-6-12-20/h1-18H. The third-order valence-electron chi connectivity index (χ3n) is 5.95. The van der Waals surface area contributed by atoms with Crippen LogP contribution in [0.1, 0.15) is 16.8 Å². The number of hydrogen-bond acceptors (Lipinski definition) is 3. The number of fused-ring (bicyclic) bond motifs is 2. The molecule has 3 heterocycles. The number of carbonyl (C=O) groups excluding carboxylic acids is 1. The summed E-state index contributed by atoms with van der Waals surface area (Å²) in [6, 6.07) is 27.7. The molecule has 2 aliphatic heterocycles. The van der Waals surface area contributed by atoms with Gasteiger partial charge in [-0.05, 0) is 56.9 Å². The normalized spacial score (nSPS) is 16.7. The van der Waals surface area contributed by atoms with Gasteiger partial charge in [0.2, 0.25) is 0 Å². The molecule has 5 heteroatoms. The molecule has 0 atom stereocenters. The van der Waals surface area contributed by atoms with Crippen LogP contribution >= 0.6 is 15.9 Å². The lowest BCUT2D eigenvalue weighted by molar-refractivity contribution is -0.120. The SMILES string of the molecule is O=C1C(c2ccccc2)=C(c2ccccc2)C2=CC(=C(Br)c3cnc4ccccc4n3)C=CN12. The van der Waals surface area contributed by atoms with Crippen molar-refractivity contribution in [3.05, 3.63) is 138 Å². The monoisotopic (exact) mass is 503 g/mol. The third-order valence-corrected chi connectivity index (χ3v) is 6.81. The second kappa shape index (κ2) is 8.36. The van der Waals surface area contributed by atoms with Crippen molar-refractivity contribution in [1.29, 1.82) is 0 Å². The topological polar surface area (TPSA) is 46.1 Å². The first kappa shape index (κ1) is 20.5. The quantitative estimate of drug-likeness (QED) is 0.316. The van der Waals surface area contributed by atoms with Crippen molar-refractivity contribution in [2.24, 2.45) is 0 Å². The van der Waals surface area contributed by atoms with E-state index in [1.807, 2.05) is 103 Å². The molecule has 34 heavy (non-hydrogen) atoms. The first-order valence-electron chi connectivity index (χ1n) is 10.9. The predicted molar refractivity (Wildman–Crippen MR) is 139 cm³/mol. The first-order chi connectivity index (χ1) is 16.7. The number of allylic oxidation sites excluding steroid dienone is 4. The summed E-state index contributed by atoms with van der Waals surface area (Å²) in [5, 5.41) is 0. The van der Waals surface area contributed by atoms with Gasteiger partial charge in [0.25, 0.3) is 5.91 Å². The smallest absolute Gasteiger partial charge is 0.263 e. The molecule has 1 aromatic heterocycles.